The van der Waals surface area contributed by atoms with Crippen molar-refractivity contribution in [3.05, 3.63) is 87.2 Å². The van der Waals surface area contributed by atoms with Gasteiger partial charge in [-0.2, -0.15) is 16.9 Å². The first-order chi connectivity index (χ1) is 18.5. The summed E-state index contributed by atoms with van der Waals surface area (Å²) in [4.78, 5) is 17.2. The summed E-state index contributed by atoms with van der Waals surface area (Å²) in [6.07, 6.45) is 3.56. The number of thiazole rings is 1. The number of hydrogen-bond donors (Lipinski definition) is 1. The standard InChI is InChI=1S/C27H22ClFN4O3S2/c1-37-10-9-30-27-33(23(16-38-27)17-5-7-25-22(12-17)32-26(34)15-35-25)31-14-18-11-20(29)6-8-24(18)36-21-4-2-3-19(28)13-21/h2-8,11-14,16H,9-10,15H2,1H3,(H,32,34)/b30-27?,31-14+. The molecule has 0 radical (unpaired) electrons. The number of ether oxygens (including phenoxy) is 2. The average Bonchev–Trinajstić information content (AvgIpc) is 3.31. The Kier molecular flexibility index (Phi) is 8.11. The van der Waals surface area contributed by atoms with Crippen LogP contribution in [-0.2, 0) is 4.79 Å². The van der Waals surface area contributed by atoms with Crippen molar-refractivity contribution >= 4 is 52.5 Å². The van der Waals surface area contributed by atoms with Crippen LogP contribution in [0.1, 0.15) is 5.56 Å². The third kappa shape index (κ3) is 6.09. The summed E-state index contributed by atoms with van der Waals surface area (Å²) < 4.78 is 27.4. The molecule has 194 valence electrons. The number of nitrogens with zero attached hydrogens (tertiary/aromatic N) is 3. The maximum atomic E-state index is 14.2. The highest BCUT2D eigenvalue weighted by Crippen LogP contribution is 2.33. The molecule has 1 aromatic heterocycles. The first-order valence-corrected chi connectivity index (χ1v) is 14.2. The Hall–Kier alpha value is -3.60. The topological polar surface area (TPSA) is 77.2 Å². The first kappa shape index (κ1) is 26.0. The predicted molar refractivity (Wildman–Crippen MR) is 152 cm³/mol. The van der Waals surface area contributed by atoms with Gasteiger partial charge in [-0.05, 0) is 60.9 Å². The van der Waals surface area contributed by atoms with Crippen molar-refractivity contribution in [1.29, 1.82) is 0 Å². The van der Waals surface area contributed by atoms with Gasteiger partial charge in [-0.25, -0.2) is 9.07 Å². The van der Waals surface area contributed by atoms with Crippen molar-refractivity contribution in [1.82, 2.24) is 4.68 Å². The highest BCUT2D eigenvalue weighted by atomic mass is 35.5. The van der Waals surface area contributed by atoms with E-state index in [9.17, 15) is 9.18 Å². The summed E-state index contributed by atoms with van der Waals surface area (Å²) in [5.41, 5.74) is 2.59. The number of aromatic nitrogens is 1. The smallest absolute Gasteiger partial charge is 0.262 e. The largest absolute Gasteiger partial charge is 0.482 e. The molecular formula is C27H22ClFN4O3S2. The molecule has 0 saturated carbocycles. The Bertz CT molecular complexity index is 1580. The molecule has 1 aliphatic rings. The second-order valence-corrected chi connectivity index (χ2v) is 10.4. The molecule has 0 saturated heterocycles. The second kappa shape index (κ2) is 11.8. The van der Waals surface area contributed by atoms with Crippen molar-refractivity contribution in [2.75, 3.05) is 30.5 Å². The van der Waals surface area contributed by atoms with Crippen LogP contribution in [0.5, 0.6) is 17.2 Å². The van der Waals surface area contributed by atoms with Crippen molar-refractivity contribution in [2.24, 2.45) is 10.1 Å². The lowest BCUT2D eigenvalue weighted by Gasteiger charge is -2.18. The zero-order chi connectivity index (χ0) is 26.5. The van der Waals surface area contributed by atoms with E-state index in [0.29, 0.717) is 44.9 Å². The number of halogens is 2. The van der Waals surface area contributed by atoms with Crippen LogP contribution < -0.4 is 19.6 Å². The molecule has 11 heteroatoms. The van der Waals surface area contributed by atoms with Gasteiger partial charge in [0, 0.05) is 27.3 Å². The van der Waals surface area contributed by atoms with Crippen LogP contribution >= 0.6 is 34.7 Å². The lowest BCUT2D eigenvalue weighted by Crippen LogP contribution is -2.25. The van der Waals surface area contributed by atoms with Crippen molar-refractivity contribution in [3.8, 4) is 28.5 Å². The van der Waals surface area contributed by atoms with Gasteiger partial charge in [0.1, 0.15) is 23.1 Å². The van der Waals surface area contributed by atoms with Crippen molar-refractivity contribution in [2.45, 2.75) is 0 Å². The van der Waals surface area contributed by atoms with E-state index in [1.54, 1.807) is 46.8 Å². The molecule has 38 heavy (non-hydrogen) atoms. The number of amides is 1. The SMILES string of the molecule is CSCCN=c1scc(-c2ccc3c(c2)NC(=O)CO3)n1/N=C/c1cc(F)ccc1Oc1cccc(Cl)c1. The van der Waals surface area contributed by atoms with E-state index in [2.05, 4.69) is 10.4 Å². The summed E-state index contributed by atoms with van der Waals surface area (Å²) in [5.74, 6) is 1.78. The van der Waals surface area contributed by atoms with Gasteiger partial charge in [0.05, 0.1) is 24.1 Å². The minimum Gasteiger partial charge on any atom is -0.482 e. The lowest BCUT2D eigenvalue weighted by atomic mass is 10.1. The third-order valence-corrected chi connectivity index (χ3v) is 7.12. The minimum absolute atomic E-state index is 0.0131. The molecule has 5 rings (SSSR count). The molecule has 1 N–H and O–H groups in total. The molecular weight excluding hydrogens is 547 g/mol. The Labute approximate surface area is 231 Å². The van der Waals surface area contributed by atoms with E-state index < -0.39 is 5.82 Å². The number of carbonyl (C=O) groups excluding carboxylic acids is 1. The zero-order valence-corrected chi connectivity index (χ0v) is 22.6. The number of nitrogens with one attached hydrogen (secondary N) is 1. The van der Waals surface area contributed by atoms with Gasteiger partial charge in [0.15, 0.2) is 6.61 Å². The maximum Gasteiger partial charge on any atom is 0.262 e. The fraction of sp³-hybridized carbons (Fsp3) is 0.148. The van der Waals surface area contributed by atoms with E-state index in [1.807, 2.05) is 29.8 Å². The Morgan fingerprint density at radius 1 is 1.24 bits per heavy atom. The van der Waals surface area contributed by atoms with E-state index in [4.69, 9.17) is 26.1 Å². The molecule has 0 bridgehead atoms. The van der Waals surface area contributed by atoms with Crippen LogP contribution in [0.25, 0.3) is 11.3 Å². The highest BCUT2D eigenvalue weighted by molar-refractivity contribution is 7.98. The molecule has 1 amide bonds. The normalized spacial score (nSPS) is 13.3. The van der Waals surface area contributed by atoms with Gasteiger partial charge in [0.25, 0.3) is 5.91 Å². The van der Waals surface area contributed by atoms with Gasteiger partial charge < -0.3 is 14.8 Å². The fourth-order valence-electron chi connectivity index (χ4n) is 3.68. The quantitative estimate of drug-likeness (QED) is 0.200. The number of fused-ring (bicyclic) bond motifs is 1. The molecule has 0 unspecified atom stereocenters. The van der Waals surface area contributed by atoms with E-state index >= 15 is 0 Å². The third-order valence-electron chi connectivity index (χ3n) is 5.44. The summed E-state index contributed by atoms with van der Waals surface area (Å²) in [5, 5.41) is 10.00. The lowest BCUT2D eigenvalue weighted by molar-refractivity contribution is -0.118. The highest BCUT2D eigenvalue weighted by Gasteiger charge is 2.18. The van der Waals surface area contributed by atoms with Crippen LogP contribution in [0.15, 0.2) is 76.1 Å². The van der Waals surface area contributed by atoms with E-state index in [-0.39, 0.29) is 12.5 Å². The van der Waals surface area contributed by atoms with E-state index in [0.717, 1.165) is 17.0 Å². The first-order valence-electron chi connectivity index (χ1n) is 11.5. The van der Waals surface area contributed by atoms with Crippen molar-refractivity contribution < 1.29 is 18.7 Å². The van der Waals surface area contributed by atoms with Crippen LogP contribution in [0.2, 0.25) is 5.02 Å². The van der Waals surface area contributed by atoms with Crippen LogP contribution in [0, 0.1) is 5.82 Å². The molecule has 0 fully saturated rings. The number of rotatable bonds is 8. The Morgan fingerprint density at radius 2 is 2.13 bits per heavy atom. The number of hydrogen-bond acceptors (Lipinski definition) is 7. The molecule has 4 aromatic rings. The van der Waals surface area contributed by atoms with Gasteiger partial charge in [-0.1, -0.05) is 17.7 Å². The Balaban J connectivity index is 1.54. The predicted octanol–water partition coefficient (Wildman–Crippen LogP) is 6.28. The summed E-state index contributed by atoms with van der Waals surface area (Å²) >= 11 is 9.23. The van der Waals surface area contributed by atoms with E-state index in [1.165, 1.54) is 29.7 Å². The second-order valence-electron chi connectivity index (χ2n) is 8.12. The molecule has 1 aliphatic heterocycles. The van der Waals surface area contributed by atoms with Gasteiger partial charge in [-0.15, -0.1) is 11.3 Å². The molecule has 0 atom stereocenters. The number of carbonyl (C=O) groups is 1. The molecule has 2 heterocycles. The van der Waals surface area contributed by atoms with Gasteiger partial charge in [0.2, 0.25) is 4.80 Å². The zero-order valence-electron chi connectivity index (χ0n) is 20.2. The molecule has 0 spiro atoms. The number of anilines is 1. The van der Waals surface area contributed by atoms with Crippen LogP contribution in [0.4, 0.5) is 10.1 Å². The molecule has 0 aliphatic carbocycles. The Morgan fingerprint density at radius 3 is 2.97 bits per heavy atom. The summed E-state index contributed by atoms with van der Waals surface area (Å²) in [6, 6.07) is 16.7. The number of thioether (sulfide) groups is 1. The minimum atomic E-state index is -0.421. The summed E-state index contributed by atoms with van der Waals surface area (Å²) in [6.45, 7) is 0.606. The van der Waals surface area contributed by atoms with Crippen LogP contribution in [-0.4, -0.2) is 42.0 Å². The molecule has 7 nitrogen and oxygen atoms in total. The fourth-order valence-corrected chi connectivity index (χ4v) is 5.00. The van der Waals surface area contributed by atoms with Gasteiger partial charge in [-0.3, -0.25) is 9.79 Å². The maximum absolute atomic E-state index is 14.2. The van der Waals surface area contributed by atoms with Crippen molar-refractivity contribution in [3.63, 3.8) is 0 Å². The monoisotopic (exact) mass is 568 g/mol. The number of benzene rings is 3. The average molecular weight is 569 g/mol. The summed E-state index contributed by atoms with van der Waals surface area (Å²) in [7, 11) is 0. The van der Waals surface area contributed by atoms with Gasteiger partial charge >= 0.3 is 0 Å². The molecule has 3 aromatic carbocycles. The van der Waals surface area contributed by atoms with Crippen LogP contribution in [0.3, 0.4) is 0 Å².